The van der Waals surface area contributed by atoms with Gasteiger partial charge in [-0.25, -0.2) is 4.79 Å². The van der Waals surface area contributed by atoms with Crippen molar-refractivity contribution in [3.05, 3.63) is 56.7 Å². The van der Waals surface area contributed by atoms with Crippen molar-refractivity contribution in [2.75, 3.05) is 32.7 Å². The summed E-state index contributed by atoms with van der Waals surface area (Å²) >= 11 is 7.58. The second-order valence-electron chi connectivity index (χ2n) is 6.61. The van der Waals surface area contributed by atoms with Gasteiger partial charge in [0.1, 0.15) is 6.61 Å². The number of halogens is 1. The first-order valence-electron chi connectivity index (χ1n) is 9.75. The molecular formula is C22H25ClN2O5S. The zero-order valence-electron chi connectivity index (χ0n) is 17.7. The Balaban J connectivity index is 2.42. The maximum Gasteiger partial charge on any atom is 0.336 e. The van der Waals surface area contributed by atoms with Gasteiger partial charge in [-0.15, -0.1) is 0 Å². The summed E-state index contributed by atoms with van der Waals surface area (Å²) in [5.74, 6) is -1.64. The first-order chi connectivity index (χ1) is 14.9. The number of carbonyl (C=O) groups excluding carboxylic acids is 2. The number of hydrogen-bond acceptors (Lipinski definition) is 8. The number of ether oxygens (including phenoxy) is 3. The van der Waals surface area contributed by atoms with Crippen LogP contribution < -0.4 is 5.32 Å². The molecule has 1 N–H and O–H groups in total. The van der Waals surface area contributed by atoms with E-state index >= 15 is 0 Å². The van der Waals surface area contributed by atoms with Crippen LogP contribution in [0.25, 0.3) is 0 Å². The van der Waals surface area contributed by atoms with Gasteiger partial charge in [0, 0.05) is 17.8 Å². The average molecular weight is 465 g/mol. The first kappa shape index (κ1) is 24.8. The molecule has 0 aromatic heterocycles. The normalized spacial score (nSPS) is 15.9. The van der Waals surface area contributed by atoms with E-state index < -0.39 is 11.9 Å². The third-order valence-electron chi connectivity index (χ3n) is 4.41. The second kappa shape index (κ2) is 12.4. The molecule has 0 unspecified atom stereocenters. The molecule has 2 rings (SSSR count). The Kier molecular flexibility index (Phi) is 9.92. The van der Waals surface area contributed by atoms with Crippen molar-refractivity contribution in [2.24, 2.45) is 0 Å². The van der Waals surface area contributed by atoms with Crippen molar-refractivity contribution in [3.8, 4) is 6.07 Å². The van der Waals surface area contributed by atoms with Gasteiger partial charge in [-0.1, -0.05) is 48.5 Å². The topological polar surface area (TPSA) is 97.7 Å². The van der Waals surface area contributed by atoms with Crippen LogP contribution in [0.3, 0.4) is 0 Å². The molecule has 0 aliphatic carbocycles. The van der Waals surface area contributed by atoms with Crippen LogP contribution >= 0.6 is 23.4 Å². The molecule has 0 bridgehead atoms. The molecule has 0 spiro atoms. The lowest BCUT2D eigenvalue weighted by atomic mass is 9.82. The number of methoxy groups -OCH3 is 1. The number of nitrogens with zero attached hydrogens (tertiary/aromatic N) is 1. The van der Waals surface area contributed by atoms with Gasteiger partial charge < -0.3 is 19.5 Å². The number of allylic oxidation sites excluding steroid dienone is 2. The van der Waals surface area contributed by atoms with Gasteiger partial charge in [-0.3, -0.25) is 4.79 Å². The molecular weight excluding hydrogens is 440 g/mol. The van der Waals surface area contributed by atoms with E-state index in [4.69, 9.17) is 25.8 Å². The Morgan fingerprint density at radius 1 is 1.23 bits per heavy atom. The van der Waals surface area contributed by atoms with E-state index in [1.807, 2.05) is 6.92 Å². The quantitative estimate of drug-likeness (QED) is 0.411. The molecule has 9 heteroatoms. The van der Waals surface area contributed by atoms with Crippen molar-refractivity contribution in [1.82, 2.24) is 5.32 Å². The summed E-state index contributed by atoms with van der Waals surface area (Å²) in [7, 11) is 1.51. The minimum Gasteiger partial charge on any atom is -0.465 e. The maximum absolute atomic E-state index is 12.9. The molecule has 1 aromatic rings. The standard InChI is InChI=1S/C22H25ClN2O5S/c1-4-9-29-18(26)13-31-21-16(12-24)20(15-7-5-6-8-17(15)23)19(14(2)25-21)22(27)30-11-10-28-3/h5-8,20,25H,4,9-11,13H2,1-3H3/t20-/m0/s1. The van der Waals surface area contributed by atoms with Crippen LogP contribution in [-0.4, -0.2) is 44.6 Å². The highest BCUT2D eigenvalue weighted by atomic mass is 35.5. The average Bonchev–Trinajstić information content (AvgIpc) is 2.76. The van der Waals surface area contributed by atoms with Crippen LogP contribution in [-0.2, 0) is 23.8 Å². The van der Waals surface area contributed by atoms with Crippen LogP contribution in [0.4, 0.5) is 0 Å². The number of rotatable bonds is 10. The third kappa shape index (κ3) is 6.50. The van der Waals surface area contributed by atoms with Crippen molar-refractivity contribution in [3.63, 3.8) is 0 Å². The number of hydrogen-bond donors (Lipinski definition) is 1. The zero-order chi connectivity index (χ0) is 22.8. The van der Waals surface area contributed by atoms with E-state index in [2.05, 4.69) is 11.4 Å². The van der Waals surface area contributed by atoms with Gasteiger partial charge in [-0.05, 0) is 25.0 Å². The van der Waals surface area contributed by atoms with Gasteiger partial charge in [-0.2, -0.15) is 5.26 Å². The van der Waals surface area contributed by atoms with E-state index in [1.165, 1.54) is 7.11 Å². The van der Waals surface area contributed by atoms with Crippen molar-refractivity contribution < 1.29 is 23.8 Å². The highest BCUT2D eigenvalue weighted by Crippen LogP contribution is 2.43. The van der Waals surface area contributed by atoms with Crippen molar-refractivity contribution >= 4 is 35.3 Å². The highest BCUT2D eigenvalue weighted by molar-refractivity contribution is 8.03. The Labute approximate surface area is 191 Å². The lowest BCUT2D eigenvalue weighted by Crippen LogP contribution is -2.29. The van der Waals surface area contributed by atoms with Gasteiger partial charge in [0.25, 0.3) is 0 Å². The van der Waals surface area contributed by atoms with Gasteiger partial charge >= 0.3 is 11.9 Å². The molecule has 1 aliphatic heterocycles. The summed E-state index contributed by atoms with van der Waals surface area (Å²) in [5.41, 5.74) is 1.70. The lowest BCUT2D eigenvalue weighted by molar-refractivity contribution is -0.141. The second-order valence-corrected chi connectivity index (χ2v) is 8.00. The Morgan fingerprint density at radius 2 is 1.97 bits per heavy atom. The molecule has 1 atom stereocenters. The molecule has 166 valence electrons. The summed E-state index contributed by atoms with van der Waals surface area (Å²) in [5, 5.41) is 14.0. The minimum atomic E-state index is -0.732. The highest BCUT2D eigenvalue weighted by Gasteiger charge is 2.36. The van der Waals surface area contributed by atoms with E-state index in [0.29, 0.717) is 33.5 Å². The molecule has 0 saturated carbocycles. The fraction of sp³-hybridized carbons (Fsp3) is 0.409. The summed E-state index contributed by atoms with van der Waals surface area (Å²) < 4.78 is 15.4. The van der Waals surface area contributed by atoms with E-state index in [-0.39, 0.29) is 30.5 Å². The predicted octanol–water partition coefficient (Wildman–Crippen LogP) is 3.91. The maximum atomic E-state index is 12.9. The fourth-order valence-corrected chi connectivity index (χ4v) is 4.14. The number of nitriles is 1. The van der Waals surface area contributed by atoms with Crippen molar-refractivity contribution in [1.29, 1.82) is 5.26 Å². The molecule has 0 saturated heterocycles. The van der Waals surface area contributed by atoms with Gasteiger partial charge in [0.05, 0.1) is 47.1 Å². The summed E-state index contributed by atoms with van der Waals surface area (Å²) in [6.45, 7) is 4.31. The number of esters is 2. The van der Waals surface area contributed by atoms with Crippen LogP contribution in [0.5, 0.6) is 0 Å². The molecule has 7 nitrogen and oxygen atoms in total. The molecule has 31 heavy (non-hydrogen) atoms. The number of carbonyl (C=O) groups is 2. The van der Waals surface area contributed by atoms with E-state index in [0.717, 1.165) is 18.2 Å². The van der Waals surface area contributed by atoms with Crippen LogP contribution in [0, 0.1) is 11.3 Å². The first-order valence-corrected chi connectivity index (χ1v) is 11.1. The largest absolute Gasteiger partial charge is 0.465 e. The number of thioether (sulfide) groups is 1. The summed E-state index contributed by atoms with van der Waals surface area (Å²) in [6.07, 6.45) is 0.728. The van der Waals surface area contributed by atoms with Crippen LogP contribution in [0.1, 0.15) is 31.7 Å². The predicted molar refractivity (Wildman–Crippen MR) is 119 cm³/mol. The number of dihydropyridines is 1. The lowest BCUT2D eigenvalue weighted by Gasteiger charge is -2.29. The fourth-order valence-electron chi connectivity index (χ4n) is 3.00. The SMILES string of the molecule is CCCOC(=O)CSC1=C(C#N)[C@H](c2ccccc2Cl)C(C(=O)OCCOC)=C(C)N1. The van der Waals surface area contributed by atoms with Gasteiger partial charge in [0.15, 0.2) is 0 Å². The smallest absolute Gasteiger partial charge is 0.336 e. The van der Waals surface area contributed by atoms with Crippen molar-refractivity contribution in [2.45, 2.75) is 26.2 Å². The zero-order valence-corrected chi connectivity index (χ0v) is 19.3. The Bertz CT molecular complexity index is 923. The molecule has 1 aliphatic rings. The molecule has 0 radical (unpaired) electrons. The number of nitrogens with one attached hydrogen (secondary N) is 1. The Hall–Kier alpha value is -2.47. The molecule has 1 aromatic carbocycles. The monoisotopic (exact) mass is 464 g/mol. The Morgan fingerprint density at radius 3 is 2.61 bits per heavy atom. The third-order valence-corrected chi connectivity index (χ3v) is 5.74. The number of benzene rings is 1. The summed E-state index contributed by atoms with van der Waals surface area (Å²) in [6, 6.07) is 9.22. The molecule has 0 fully saturated rings. The van der Waals surface area contributed by atoms with Gasteiger partial charge in [0.2, 0.25) is 0 Å². The molecule has 0 amide bonds. The van der Waals surface area contributed by atoms with E-state index in [9.17, 15) is 14.9 Å². The molecule has 1 heterocycles. The minimum absolute atomic E-state index is 0.0314. The van der Waals surface area contributed by atoms with Crippen LogP contribution in [0.2, 0.25) is 5.02 Å². The van der Waals surface area contributed by atoms with E-state index in [1.54, 1.807) is 31.2 Å². The summed E-state index contributed by atoms with van der Waals surface area (Å²) in [4.78, 5) is 24.8. The van der Waals surface area contributed by atoms with Crippen LogP contribution in [0.15, 0.2) is 46.1 Å².